The van der Waals surface area contributed by atoms with Crippen molar-refractivity contribution >= 4 is 32.7 Å². The lowest BCUT2D eigenvalue weighted by Gasteiger charge is -2.04. The van der Waals surface area contributed by atoms with Gasteiger partial charge in [-0.3, -0.25) is 0 Å². The lowest BCUT2D eigenvalue weighted by molar-refractivity contribution is 0.603. The molecule has 0 amide bonds. The molecule has 0 aliphatic heterocycles. The van der Waals surface area contributed by atoms with Crippen LogP contribution < -0.4 is 3.79 Å². The van der Waals surface area contributed by atoms with Gasteiger partial charge in [0.2, 0.25) is 0 Å². The number of hydrogen-bond acceptors (Lipinski definition) is 1. The average molecular weight is 205 g/mol. The van der Waals surface area contributed by atoms with E-state index < -0.39 is 12.6 Å². The predicted octanol–water partition coefficient (Wildman–Crippen LogP) is 2.84. The van der Waals surface area contributed by atoms with Crippen LogP contribution in [0.4, 0.5) is 0 Å². The molecule has 0 heterocycles. The van der Waals surface area contributed by atoms with Crippen molar-refractivity contribution in [2.24, 2.45) is 0 Å². The van der Waals surface area contributed by atoms with Crippen molar-refractivity contribution in [2.45, 2.75) is 6.92 Å². The first kappa shape index (κ1) is 9.22. The summed E-state index contributed by atoms with van der Waals surface area (Å²) < 4.78 is 5.14. The second kappa shape index (κ2) is 4.23. The zero-order valence-corrected chi connectivity index (χ0v) is 8.72. The Bertz CT molecular complexity index is 222. The summed E-state index contributed by atoms with van der Waals surface area (Å²) in [7, 11) is 11.1. The molecule has 1 rings (SSSR count). The van der Waals surface area contributed by atoms with E-state index in [4.69, 9.17) is 23.9 Å². The molecule has 0 fully saturated rings. The van der Waals surface area contributed by atoms with Crippen molar-refractivity contribution in [1.82, 2.24) is 0 Å². The molecule has 0 saturated carbocycles. The fraction of sp³-hybridized carbons (Fsp3) is 0.143. The maximum atomic E-state index is 5.53. The molecule has 0 spiro atoms. The number of halogens is 2. The molecule has 0 saturated heterocycles. The molecule has 1 aromatic carbocycles. The van der Waals surface area contributed by atoms with Crippen LogP contribution in [0.5, 0.6) is 5.75 Å². The molecular formula is C7H7AlCl2O. The van der Waals surface area contributed by atoms with Crippen molar-refractivity contribution in [3.63, 3.8) is 0 Å². The van der Waals surface area contributed by atoms with Gasteiger partial charge in [0, 0.05) is 0 Å². The van der Waals surface area contributed by atoms with Crippen molar-refractivity contribution < 1.29 is 3.79 Å². The van der Waals surface area contributed by atoms with Gasteiger partial charge in [0.15, 0.2) is 0 Å². The van der Waals surface area contributed by atoms with E-state index in [-0.39, 0.29) is 0 Å². The predicted molar refractivity (Wildman–Crippen MR) is 49.3 cm³/mol. The molecule has 0 aromatic heterocycles. The first-order chi connectivity index (χ1) is 5.18. The highest BCUT2D eigenvalue weighted by Gasteiger charge is 2.17. The van der Waals surface area contributed by atoms with Crippen LogP contribution in [0.2, 0.25) is 0 Å². The van der Waals surface area contributed by atoms with Gasteiger partial charge in [0.05, 0.1) is 5.75 Å². The van der Waals surface area contributed by atoms with Crippen LogP contribution in [0.15, 0.2) is 24.3 Å². The molecule has 1 nitrogen and oxygen atoms in total. The van der Waals surface area contributed by atoms with Gasteiger partial charge in [-0.05, 0) is 19.1 Å². The molecule has 0 radical (unpaired) electrons. The van der Waals surface area contributed by atoms with E-state index in [0.29, 0.717) is 0 Å². The molecule has 1 aromatic rings. The molecule has 4 heteroatoms. The van der Waals surface area contributed by atoms with Gasteiger partial charge in [0.1, 0.15) is 0 Å². The summed E-state index contributed by atoms with van der Waals surface area (Å²) >= 11 is -1.97. The third-order valence-electron chi connectivity index (χ3n) is 1.25. The Morgan fingerprint density at radius 2 is 1.73 bits per heavy atom. The summed E-state index contributed by atoms with van der Waals surface area (Å²) in [5.74, 6) is 0.747. The summed E-state index contributed by atoms with van der Waals surface area (Å²) in [5, 5.41) is 0. The van der Waals surface area contributed by atoms with Crippen molar-refractivity contribution in [2.75, 3.05) is 0 Å². The van der Waals surface area contributed by atoms with Crippen LogP contribution in [0.1, 0.15) is 5.56 Å². The third kappa shape index (κ3) is 3.36. The van der Waals surface area contributed by atoms with Crippen molar-refractivity contribution in [3.05, 3.63) is 29.8 Å². The molecule has 0 N–H and O–H groups in total. The highest BCUT2D eigenvalue weighted by Crippen LogP contribution is 2.14. The van der Waals surface area contributed by atoms with Gasteiger partial charge < -0.3 is 3.79 Å². The van der Waals surface area contributed by atoms with E-state index in [2.05, 4.69) is 0 Å². The topological polar surface area (TPSA) is 9.23 Å². The lowest BCUT2D eigenvalue weighted by Crippen LogP contribution is -2.04. The zero-order valence-electron chi connectivity index (χ0n) is 6.05. The minimum absolute atomic E-state index is 0.747. The fourth-order valence-electron chi connectivity index (χ4n) is 0.720. The quantitative estimate of drug-likeness (QED) is 0.674. The van der Waals surface area contributed by atoms with Crippen LogP contribution in [0.25, 0.3) is 0 Å². The van der Waals surface area contributed by atoms with Gasteiger partial charge in [-0.2, -0.15) is 20.1 Å². The molecule has 0 atom stereocenters. The summed E-state index contributed by atoms with van der Waals surface area (Å²) in [6.45, 7) is 2.01. The van der Waals surface area contributed by atoms with E-state index >= 15 is 0 Å². The molecule has 11 heavy (non-hydrogen) atoms. The Hall–Kier alpha value is 0.132. The number of hydrogen-bond donors (Lipinski definition) is 0. The smallest absolute Gasteiger partial charge is 0.620 e. The molecule has 0 bridgehead atoms. The van der Waals surface area contributed by atoms with Crippen LogP contribution in [-0.2, 0) is 0 Å². The van der Waals surface area contributed by atoms with Gasteiger partial charge in [-0.1, -0.05) is 17.7 Å². The van der Waals surface area contributed by atoms with Crippen LogP contribution in [0, 0.1) is 6.92 Å². The number of aryl methyl sites for hydroxylation is 1. The van der Waals surface area contributed by atoms with E-state index in [0.717, 1.165) is 5.75 Å². The monoisotopic (exact) mass is 204 g/mol. The summed E-state index contributed by atoms with van der Waals surface area (Å²) in [6.07, 6.45) is 0. The highest BCUT2D eigenvalue weighted by atomic mass is 35.7. The first-order valence-corrected chi connectivity index (χ1v) is 7.16. The Balaban J connectivity index is 2.66. The summed E-state index contributed by atoms with van der Waals surface area (Å²) in [4.78, 5) is 0. The van der Waals surface area contributed by atoms with Gasteiger partial charge in [0.25, 0.3) is 0 Å². The fourth-order valence-corrected chi connectivity index (χ4v) is 1.70. The van der Waals surface area contributed by atoms with E-state index in [1.165, 1.54) is 5.56 Å². The first-order valence-electron chi connectivity index (χ1n) is 3.20. The van der Waals surface area contributed by atoms with E-state index in [1.807, 2.05) is 31.2 Å². The Morgan fingerprint density at radius 1 is 1.18 bits per heavy atom. The Morgan fingerprint density at radius 3 is 2.18 bits per heavy atom. The van der Waals surface area contributed by atoms with Crippen molar-refractivity contribution in [3.8, 4) is 5.75 Å². The molecular weight excluding hydrogens is 198 g/mol. The van der Waals surface area contributed by atoms with E-state index in [9.17, 15) is 0 Å². The summed E-state index contributed by atoms with van der Waals surface area (Å²) in [6, 6.07) is 7.64. The molecule has 58 valence electrons. The zero-order chi connectivity index (χ0) is 8.27. The third-order valence-corrected chi connectivity index (χ3v) is 2.23. The number of benzene rings is 1. The molecule has 0 aliphatic rings. The Kier molecular flexibility index (Phi) is 3.55. The normalized spacial score (nSPS) is 9.36. The highest BCUT2D eigenvalue weighted by molar-refractivity contribution is 7.31. The lowest BCUT2D eigenvalue weighted by atomic mass is 10.2. The van der Waals surface area contributed by atoms with Crippen LogP contribution in [0.3, 0.4) is 0 Å². The minimum Gasteiger partial charge on any atom is -0.620 e. The van der Waals surface area contributed by atoms with Gasteiger partial charge in [-0.15, -0.1) is 0 Å². The van der Waals surface area contributed by atoms with Crippen LogP contribution >= 0.6 is 20.1 Å². The average Bonchev–Trinajstić information content (AvgIpc) is 1.93. The van der Waals surface area contributed by atoms with Gasteiger partial charge in [-0.25, -0.2) is 0 Å². The van der Waals surface area contributed by atoms with Crippen molar-refractivity contribution in [1.29, 1.82) is 0 Å². The summed E-state index contributed by atoms with van der Waals surface area (Å²) in [5.41, 5.74) is 1.19. The standard InChI is InChI=1S/C7H8O.Al.2ClH/c1-6-2-4-7(8)5-3-6;;;/h2-5,8H,1H3;;2*1H/q;+3;;/p-3. The van der Waals surface area contributed by atoms with E-state index in [1.54, 1.807) is 0 Å². The molecule has 0 aliphatic carbocycles. The maximum Gasteiger partial charge on any atom is 0.815 e. The minimum atomic E-state index is -1.97. The second-order valence-electron chi connectivity index (χ2n) is 2.19. The number of rotatable bonds is 2. The second-order valence-corrected chi connectivity index (χ2v) is 6.00. The Labute approximate surface area is 79.0 Å². The largest absolute Gasteiger partial charge is 0.815 e. The van der Waals surface area contributed by atoms with Crippen LogP contribution in [-0.4, -0.2) is 12.6 Å². The maximum absolute atomic E-state index is 5.53. The van der Waals surface area contributed by atoms with Gasteiger partial charge >= 0.3 is 12.6 Å². The SMILES string of the molecule is Cc1ccc([O][Al]([Cl])[Cl])cc1. The molecule has 0 unspecified atom stereocenters.